The summed E-state index contributed by atoms with van der Waals surface area (Å²) < 4.78 is 64.0. The molecule has 11 heteroatoms. The zero-order chi connectivity index (χ0) is 22.8. The molecule has 2 N–H and O–H groups in total. The molecule has 1 amide bonds. The molecule has 0 fully saturated rings. The SMILES string of the molecule is Cc1cc(C(=O)Nc2ccc(S(=O)(=O)NCC(F)(F)F)cc2)c(C)n1-c1ccccn1. The highest BCUT2D eigenvalue weighted by molar-refractivity contribution is 7.89. The number of rotatable bonds is 6. The maximum Gasteiger partial charge on any atom is 0.402 e. The summed E-state index contributed by atoms with van der Waals surface area (Å²) in [4.78, 5) is 16.7. The Morgan fingerprint density at radius 2 is 1.77 bits per heavy atom. The van der Waals surface area contributed by atoms with Gasteiger partial charge in [-0.3, -0.25) is 4.79 Å². The largest absolute Gasteiger partial charge is 0.402 e. The summed E-state index contributed by atoms with van der Waals surface area (Å²) in [7, 11) is -4.32. The maximum atomic E-state index is 12.7. The molecule has 0 saturated heterocycles. The molecule has 0 aliphatic carbocycles. The Kier molecular flexibility index (Phi) is 6.18. The number of sulfonamides is 1. The van der Waals surface area contributed by atoms with Crippen LogP contribution in [0.25, 0.3) is 5.82 Å². The van der Waals surface area contributed by atoms with Crippen LogP contribution in [-0.2, 0) is 10.0 Å². The summed E-state index contributed by atoms with van der Waals surface area (Å²) in [6.07, 6.45) is -3.02. The average molecular weight is 452 g/mol. The van der Waals surface area contributed by atoms with Gasteiger partial charge in [0.15, 0.2) is 0 Å². The molecule has 3 aromatic rings. The molecule has 31 heavy (non-hydrogen) atoms. The summed E-state index contributed by atoms with van der Waals surface area (Å²) in [5.74, 6) is 0.249. The second-order valence-corrected chi connectivity index (χ2v) is 8.49. The van der Waals surface area contributed by atoms with Gasteiger partial charge in [0.2, 0.25) is 10.0 Å². The Hall–Kier alpha value is -3.18. The van der Waals surface area contributed by atoms with Crippen molar-refractivity contribution in [3.8, 4) is 5.82 Å². The number of pyridine rings is 1. The highest BCUT2D eigenvalue weighted by Gasteiger charge is 2.30. The smallest absolute Gasteiger partial charge is 0.322 e. The van der Waals surface area contributed by atoms with Gasteiger partial charge in [0.05, 0.1) is 10.5 Å². The topological polar surface area (TPSA) is 93.1 Å². The molecule has 1 aromatic carbocycles. The van der Waals surface area contributed by atoms with Gasteiger partial charge in [-0.05, 0) is 56.3 Å². The summed E-state index contributed by atoms with van der Waals surface area (Å²) in [5.41, 5.74) is 2.18. The molecule has 0 aliphatic rings. The van der Waals surface area contributed by atoms with Crippen molar-refractivity contribution in [2.24, 2.45) is 0 Å². The van der Waals surface area contributed by atoms with E-state index in [-0.39, 0.29) is 4.90 Å². The molecule has 164 valence electrons. The van der Waals surface area contributed by atoms with E-state index in [2.05, 4.69) is 10.3 Å². The van der Waals surface area contributed by atoms with Gasteiger partial charge < -0.3 is 9.88 Å². The minimum absolute atomic E-state index is 0.294. The molecule has 0 radical (unpaired) electrons. The van der Waals surface area contributed by atoms with Gasteiger partial charge >= 0.3 is 6.18 Å². The quantitative estimate of drug-likeness (QED) is 0.598. The van der Waals surface area contributed by atoms with Gasteiger partial charge in [-0.1, -0.05) is 6.07 Å². The van der Waals surface area contributed by atoms with Crippen LogP contribution in [0.15, 0.2) is 59.6 Å². The Bertz CT molecular complexity index is 1190. The van der Waals surface area contributed by atoms with Crippen molar-refractivity contribution in [2.45, 2.75) is 24.9 Å². The van der Waals surface area contributed by atoms with E-state index in [0.717, 1.165) is 17.8 Å². The molecule has 0 saturated carbocycles. The Balaban J connectivity index is 1.76. The number of benzene rings is 1. The second kappa shape index (κ2) is 8.52. The zero-order valence-electron chi connectivity index (χ0n) is 16.6. The van der Waals surface area contributed by atoms with Crippen LogP contribution in [0.3, 0.4) is 0 Å². The molecule has 0 atom stereocenters. The molecule has 0 spiro atoms. The predicted octanol–water partition coefficient (Wildman–Crippen LogP) is 3.58. The normalized spacial score (nSPS) is 12.0. The van der Waals surface area contributed by atoms with Crippen molar-refractivity contribution in [1.82, 2.24) is 14.3 Å². The number of carbonyl (C=O) groups excluding carboxylic acids is 1. The second-order valence-electron chi connectivity index (χ2n) is 6.73. The minimum Gasteiger partial charge on any atom is -0.322 e. The van der Waals surface area contributed by atoms with Crippen LogP contribution in [-0.4, -0.2) is 36.6 Å². The van der Waals surface area contributed by atoms with E-state index in [1.54, 1.807) is 25.3 Å². The first-order valence-electron chi connectivity index (χ1n) is 9.06. The first kappa shape index (κ1) is 22.5. The number of halogens is 3. The van der Waals surface area contributed by atoms with Gasteiger partial charge in [-0.2, -0.15) is 13.2 Å². The third kappa shape index (κ3) is 5.30. The summed E-state index contributed by atoms with van der Waals surface area (Å²) in [6.45, 7) is 1.95. The molecule has 7 nitrogen and oxygen atoms in total. The van der Waals surface area contributed by atoms with Crippen molar-refractivity contribution >= 4 is 21.6 Å². The van der Waals surface area contributed by atoms with E-state index in [9.17, 15) is 26.4 Å². The minimum atomic E-state index is -4.66. The van der Waals surface area contributed by atoms with Gasteiger partial charge in [0, 0.05) is 23.3 Å². The number of aromatic nitrogens is 2. The van der Waals surface area contributed by atoms with Crippen LogP contribution in [0.2, 0.25) is 0 Å². The average Bonchev–Trinajstić information content (AvgIpc) is 3.01. The number of aryl methyl sites for hydroxylation is 1. The summed E-state index contributed by atoms with van der Waals surface area (Å²) in [6, 6.07) is 12.0. The fourth-order valence-electron chi connectivity index (χ4n) is 3.01. The maximum absolute atomic E-state index is 12.7. The molecule has 0 bridgehead atoms. The lowest BCUT2D eigenvalue weighted by Crippen LogP contribution is -2.33. The predicted molar refractivity (Wildman–Crippen MR) is 109 cm³/mol. The van der Waals surface area contributed by atoms with Crippen molar-refractivity contribution in [3.63, 3.8) is 0 Å². The van der Waals surface area contributed by atoms with Crippen LogP contribution in [0.1, 0.15) is 21.7 Å². The van der Waals surface area contributed by atoms with E-state index >= 15 is 0 Å². The monoisotopic (exact) mass is 452 g/mol. The molecular weight excluding hydrogens is 433 g/mol. The highest BCUT2D eigenvalue weighted by Crippen LogP contribution is 2.22. The van der Waals surface area contributed by atoms with Crippen molar-refractivity contribution in [3.05, 3.63) is 71.7 Å². The van der Waals surface area contributed by atoms with Crippen molar-refractivity contribution in [1.29, 1.82) is 0 Å². The summed E-state index contributed by atoms with van der Waals surface area (Å²) in [5, 5.41) is 2.66. The molecule has 0 aliphatic heterocycles. The Morgan fingerprint density at radius 1 is 1.10 bits per heavy atom. The first-order valence-corrected chi connectivity index (χ1v) is 10.5. The summed E-state index contributed by atoms with van der Waals surface area (Å²) >= 11 is 0. The number of hydrogen-bond acceptors (Lipinski definition) is 4. The fourth-order valence-corrected chi connectivity index (χ4v) is 4.02. The van der Waals surface area contributed by atoms with Gasteiger partial charge in [-0.15, -0.1) is 0 Å². The number of carbonyl (C=O) groups is 1. The van der Waals surface area contributed by atoms with Gasteiger partial charge in [0.25, 0.3) is 5.91 Å². The first-order chi connectivity index (χ1) is 14.5. The van der Waals surface area contributed by atoms with E-state index in [0.29, 0.717) is 22.8 Å². The van der Waals surface area contributed by atoms with E-state index in [1.807, 2.05) is 23.6 Å². The standard InChI is InChI=1S/C20H19F3N4O3S/c1-13-11-17(14(2)27(13)18-5-3-4-10-24-18)19(28)26-15-6-8-16(9-7-15)31(29,30)25-12-20(21,22)23/h3-11,25H,12H2,1-2H3,(H,26,28). The molecule has 2 heterocycles. The van der Waals surface area contributed by atoms with Crippen LogP contribution >= 0.6 is 0 Å². The lowest BCUT2D eigenvalue weighted by atomic mass is 10.2. The lowest BCUT2D eigenvalue weighted by molar-refractivity contribution is -0.121. The van der Waals surface area contributed by atoms with Crippen molar-refractivity contribution in [2.75, 3.05) is 11.9 Å². The van der Waals surface area contributed by atoms with Crippen LogP contribution in [0.4, 0.5) is 18.9 Å². The highest BCUT2D eigenvalue weighted by atomic mass is 32.2. The number of alkyl halides is 3. The number of anilines is 1. The molecule has 0 unspecified atom stereocenters. The lowest BCUT2D eigenvalue weighted by Gasteiger charge is -2.11. The van der Waals surface area contributed by atoms with Crippen LogP contribution in [0, 0.1) is 13.8 Å². The number of amides is 1. The van der Waals surface area contributed by atoms with Crippen molar-refractivity contribution < 1.29 is 26.4 Å². The van der Waals surface area contributed by atoms with Crippen LogP contribution in [0.5, 0.6) is 0 Å². The molecule has 3 rings (SSSR count). The molecular formula is C20H19F3N4O3S. The third-order valence-electron chi connectivity index (χ3n) is 4.44. The third-order valence-corrected chi connectivity index (χ3v) is 5.86. The number of nitrogens with zero attached hydrogens (tertiary/aromatic N) is 2. The zero-order valence-corrected chi connectivity index (χ0v) is 17.4. The van der Waals surface area contributed by atoms with E-state index < -0.39 is 28.7 Å². The Labute approximate surface area is 177 Å². The number of nitrogens with one attached hydrogen (secondary N) is 2. The van der Waals surface area contributed by atoms with Crippen LogP contribution < -0.4 is 10.0 Å². The van der Waals surface area contributed by atoms with E-state index in [4.69, 9.17) is 0 Å². The number of hydrogen-bond donors (Lipinski definition) is 2. The molecule has 2 aromatic heterocycles. The van der Waals surface area contributed by atoms with Gasteiger partial charge in [0.1, 0.15) is 12.4 Å². The van der Waals surface area contributed by atoms with E-state index in [1.165, 1.54) is 16.9 Å². The fraction of sp³-hybridized carbons (Fsp3) is 0.200. The van der Waals surface area contributed by atoms with Gasteiger partial charge in [-0.25, -0.2) is 18.1 Å². The Morgan fingerprint density at radius 3 is 2.35 bits per heavy atom.